The lowest BCUT2D eigenvalue weighted by atomic mass is 10.2. The molecule has 1 aromatic carbocycles. The van der Waals surface area contributed by atoms with Crippen LogP contribution in [0.1, 0.15) is 31.1 Å². The van der Waals surface area contributed by atoms with Crippen molar-refractivity contribution < 1.29 is 14.3 Å². The first-order valence-electron chi connectivity index (χ1n) is 6.45. The van der Waals surface area contributed by atoms with E-state index in [0.717, 1.165) is 0 Å². The molecule has 0 heterocycles. The van der Waals surface area contributed by atoms with E-state index in [-0.39, 0.29) is 17.2 Å². The van der Waals surface area contributed by atoms with Crippen LogP contribution in [-0.2, 0) is 9.53 Å². The van der Waals surface area contributed by atoms with Gasteiger partial charge in [0, 0.05) is 23.8 Å². The molecule has 0 aliphatic carbocycles. The number of nitrogens with two attached hydrogens (primary N) is 1. The molecule has 1 amide bonds. The van der Waals surface area contributed by atoms with E-state index in [1.54, 1.807) is 17.9 Å². The molecule has 0 aliphatic heterocycles. The van der Waals surface area contributed by atoms with Gasteiger partial charge in [0.25, 0.3) is 5.91 Å². The largest absolute Gasteiger partial charge is 0.449 e. The molecule has 0 spiro atoms. The summed E-state index contributed by atoms with van der Waals surface area (Å²) in [6.45, 7) is 6.42. The normalized spacial score (nSPS) is 11.8. The molecule has 1 unspecified atom stereocenters. The van der Waals surface area contributed by atoms with Gasteiger partial charge in [-0.2, -0.15) is 0 Å². The zero-order valence-electron chi connectivity index (χ0n) is 11.9. The first-order valence-corrected chi connectivity index (χ1v) is 6.83. The molecule has 0 aliphatic rings. The Morgan fingerprint density at radius 2 is 1.95 bits per heavy atom. The Morgan fingerprint density at radius 1 is 1.35 bits per heavy atom. The summed E-state index contributed by atoms with van der Waals surface area (Å²) in [5.74, 6) is -0.858. The highest BCUT2D eigenvalue weighted by Crippen LogP contribution is 2.19. The van der Waals surface area contributed by atoms with Crippen LogP contribution >= 0.6 is 11.6 Å². The van der Waals surface area contributed by atoms with Crippen molar-refractivity contribution >= 4 is 29.2 Å². The molecule has 0 radical (unpaired) electrons. The second kappa shape index (κ2) is 7.14. The van der Waals surface area contributed by atoms with E-state index in [0.29, 0.717) is 18.1 Å². The van der Waals surface area contributed by atoms with E-state index in [1.807, 2.05) is 13.8 Å². The van der Waals surface area contributed by atoms with Gasteiger partial charge < -0.3 is 15.4 Å². The summed E-state index contributed by atoms with van der Waals surface area (Å²) in [4.78, 5) is 25.6. The van der Waals surface area contributed by atoms with Crippen LogP contribution < -0.4 is 5.73 Å². The molecule has 0 fully saturated rings. The standard InChI is InChI=1S/C14H19ClN2O3/c1-4-17(5-2)13(18)9(3)20-14(19)11-7-6-10(15)8-12(11)16/h6-9H,4-5,16H2,1-3H3. The molecule has 6 heteroatoms. The van der Waals surface area contributed by atoms with Crippen LogP contribution in [0.15, 0.2) is 18.2 Å². The zero-order chi connectivity index (χ0) is 15.3. The Hall–Kier alpha value is -1.75. The van der Waals surface area contributed by atoms with Gasteiger partial charge in [0.1, 0.15) is 0 Å². The van der Waals surface area contributed by atoms with E-state index in [2.05, 4.69) is 0 Å². The van der Waals surface area contributed by atoms with Gasteiger partial charge in [-0.05, 0) is 39.0 Å². The number of likely N-dealkylation sites (N-methyl/N-ethyl adjacent to an activating group) is 1. The zero-order valence-corrected chi connectivity index (χ0v) is 12.6. The minimum Gasteiger partial charge on any atom is -0.449 e. The molecule has 0 saturated carbocycles. The van der Waals surface area contributed by atoms with Crippen molar-refractivity contribution in [3.63, 3.8) is 0 Å². The number of benzene rings is 1. The second-order valence-electron chi connectivity index (χ2n) is 4.29. The molecule has 1 rings (SSSR count). The van der Waals surface area contributed by atoms with Gasteiger partial charge in [-0.15, -0.1) is 0 Å². The van der Waals surface area contributed by atoms with Crippen molar-refractivity contribution in [1.82, 2.24) is 4.90 Å². The van der Waals surface area contributed by atoms with Crippen LogP contribution in [0.25, 0.3) is 0 Å². The SMILES string of the molecule is CCN(CC)C(=O)C(C)OC(=O)c1ccc(Cl)cc1N. The fourth-order valence-electron chi connectivity index (χ4n) is 1.79. The molecule has 5 nitrogen and oxygen atoms in total. The number of amides is 1. The molecule has 0 bridgehead atoms. The van der Waals surface area contributed by atoms with Gasteiger partial charge in [-0.25, -0.2) is 4.79 Å². The highest BCUT2D eigenvalue weighted by molar-refractivity contribution is 6.31. The summed E-state index contributed by atoms with van der Waals surface area (Å²) in [6.07, 6.45) is -0.850. The van der Waals surface area contributed by atoms with Gasteiger partial charge in [0.05, 0.1) is 5.56 Å². The lowest BCUT2D eigenvalue weighted by molar-refractivity contribution is -0.139. The van der Waals surface area contributed by atoms with Crippen LogP contribution in [0.3, 0.4) is 0 Å². The van der Waals surface area contributed by atoms with Crippen molar-refractivity contribution in [1.29, 1.82) is 0 Å². The van der Waals surface area contributed by atoms with Crippen molar-refractivity contribution in [2.45, 2.75) is 26.9 Å². The Labute approximate surface area is 123 Å². The summed E-state index contributed by atoms with van der Waals surface area (Å²) >= 11 is 5.76. The minimum atomic E-state index is -0.850. The van der Waals surface area contributed by atoms with Gasteiger partial charge in [0.2, 0.25) is 0 Å². The number of halogens is 1. The van der Waals surface area contributed by atoms with Crippen molar-refractivity contribution in [3.8, 4) is 0 Å². The van der Waals surface area contributed by atoms with Crippen LogP contribution in [0.4, 0.5) is 5.69 Å². The number of nitrogen functional groups attached to an aromatic ring is 1. The van der Waals surface area contributed by atoms with Crippen LogP contribution in [0, 0.1) is 0 Å². The Kier molecular flexibility index (Phi) is 5.82. The van der Waals surface area contributed by atoms with Gasteiger partial charge >= 0.3 is 5.97 Å². The molecule has 0 saturated heterocycles. The maximum atomic E-state index is 12.0. The summed E-state index contributed by atoms with van der Waals surface area (Å²) < 4.78 is 5.15. The highest BCUT2D eigenvalue weighted by atomic mass is 35.5. The smallest absolute Gasteiger partial charge is 0.341 e. The van der Waals surface area contributed by atoms with Crippen molar-refractivity contribution in [2.24, 2.45) is 0 Å². The first-order chi connectivity index (χ1) is 9.40. The Balaban J connectivity index is 2.77. The summed E-state index contributed by atoms with van der Waals surface area (Å²) in [5, 5.41) is 0.436. The van der Waals surface area contributed by atoms with E-state index >= 15 is 0 Å². The first kappa shape index (κ1) is 16.3. The van der Waals surface area contributed by atoms with E-state index in [4.69, 9.17) is 22.1 Å². The number of hydrogen-bond donors (Lipinski definition) is 1. The number of ether oxygens (including phenoxy) is 1. The molecule has 1 atom stereocenters. The molecule has 2 N–H and O–H groups in total. The number of carbonyl (C=O) groups excluding carboxylic acids is 2. The average Bonchev–Trinajstić information content (AvgIpc) is 2.39. The lowest BCUT2D eigenvalue weighted by Crippen LogP contribution is -2.39. The van der Waals surface area contributed by atoms with Crippen molar-refractivity contribution in [2.75, 3.05) is 18.8 Å². The predicted molar refractivity (Wildman–Crippen MR) is 78.7 cm³/mol. The number of esters is 1. The molecular weight excluding hydrogens is 280 g/mol. The topological polar surface area (TPSA) is 72.6 Å². The third-order valence-electron chi connectivity index (χ3n) is 2.94. The quantitative estimate of drug-likeness (QED) is 0.669. The fourth-order valence-corrected chi connectivity index (χ4v) is 1.97. The van der Waals surface area contributed by atoms with Crippen molar-refractivity contribution in [3.05, 3.63) is 28.8 Å². The third kappa shape index (κ3) is 3.87. The van der Waals surface area contributed by atoms with Crippen LogP contribution in [0.2, 0.25) is 5.02 Å². The highest BCUT2D eigenvalue weighted by Gasteiger charge is 2.23. The maximum Gasteiger partial charge on any atom is 0.341 e. The van der Waals surface area contributed by atoms with E-state index < -0.39 is 12.1 Å². The number of nitrogens with zero attached hydrogens (tertiary/aromatic N) is 1. The Morgan fingerprint density at radius 3 is 2.45 bits per heavy atom. The maximum absolute atomic E-state index is 12.0. The minimum absolute atomic E-state index is 0.202. The number of hydrogen-bond acceptors (Lipinski definition) is 4. The molecular formula is C14H19ClN2O3. The summed E-state index contributed by atoms with van der Waals surface area (Å²) in [5.41, 5.74) is 6.13. The number of carbonyl (C=O) groups is 2. The van der Waals surface area contributed by atoms with Gasteiger partial charge in [0.15, 0.2) is 6.10 Å². The lowest BCUT2D eigenvalue weighted by Gasteiger charge is -2.22. The molecule has 20 heavy (non-hydrogen) atoms. The fraction of sp³-hybridized carbons (Fsp3) is 0.429. The van der Waals surface area contributed by atoms with E-state index in [9.17, 15) is 9.59 Å². The Bertz CT molecular complexity index is 501. The number of rotatable bonds is 5. The molecule has 0 aromatic heterocycles. The van der Waals surface area contributed by atoms with Gasteiger partial charge in [-0.3, -0.25) is 4.79 Å². The monoisotopic (exact) mass is 298 g/mol. The van der Waals surface area contributed by atoms with E-state index in [1.165, 1.54) is 12.1 Å². The van der Waals surface area contributed by atoms with Crippen LogP contribution in [0.5, 0.6) is 0 Å². The third-order valence-corrected chi connectivity index (χ3v) is 3.18. The number of anilines is 1. The second-order valence-corrected chi connectivity index (χ2v) is 4.73. The summed E-state index contributed by atoms with van der Waals surface area (Å²) in [6, 6.07) is 4.50. The molecule has 110 valence electrons. The van der Waals surface area contributed by atoms with Gasteiger partial charge in [-0.1, -0.05) is 11.6 Å². The average molecular weight is 299 g/mol. The molecule has 1 aromatic rings. The summed E-state index contributed by atoms with van der Waals surface area (Å²) in [7, 11) is 0. The van der Waals surface area contributed by atoms with Crippen LogP contribution in [-0.4, -0.2) is 36.0 Å². The predicted octanol–water partition coefficient (Wildman–Crippen LogP) is 2.34.